The molecule has 0 radical (unpaired) electrons. The van der Waals surface area contributed by atoms with Crippen molar-refractivity contribution in [1.82, 2.24) is 0 Å². The minimum Gasteiger partial charge on any atom is -0.393 e. The Balaban J connectivity index is 1.62. The fourth-order valence-electron chi connectivity index (χ4n) is 4.89. The average molecular weight is 237 g/mol. The lowest BCUT2D eigenvalue weighted by atomic mass is 9.66. The maximum atomic E-state index is 9.66. The smallest absolute Gasteiger partial charge is 0.0540 e. The predicted molar refractivity (Wildman–Crippen MR) is 69.5 cm³/mol. The van der Waals surface area contributed by atoms with Gasteiger partial charge in [-0.3, -0.25) is 0 Å². The van der Waals surface area contributed by atoms with Crippen LogP contribution in [0.1, 0.15) is 57.8 Å². The third-order valence-electron chi connectivity index (χ3n) is 6.03. The van der Waals surface area contributed by atoms with Gasteiger partial charge in [0.2, 0.25) is 0 Å². The van der Waals surface area contributed by atoms with E-state index in [1.807, 2.05) is 0 Å². The highest BCUT2D eigenvalue weighted by atomic mass is 16.3. The van der Waals surface area contributed by atoms with Crippen LogP contribution in [0, 0.1) is 23.2 Å². The normalized spacial score (nSPS) is 49.8. The molecule has 3 atom stereocenters. The van der Waals surface area contributed by atoms with Crippen molar-refractivity contribution in [1.29, 1.82) is 0 Å². The molecule has 0 heterocycles. The first-order valence-electron chi connectivity index (χ1n) is 7.59. The van der Waals surface area contributed by atoms with E-state index < -0.39 is 0 Å². The van der Waals surface area contributed by atoms with E-state index in [2.05, 4.69) is 0 Å². The van der Waals surface area contributed by atoms with E-state index in [1.54, 1.807) is 0 Å². The molecule has 0 aromatic rings. The van der Waals surface area contributed by atoms with Crippen LogP contribution in [0.4, 0.5) is 0 Å². The van der Waals surface area contributed by atoms with Crippen LogP contribution in [0.3, 0.4) is 0 Å². The Kier molecular flexibility index (Phi) is 3.20. The van der Waals surface area contributed by atoms with Crippen LogP contribution in [0.25, 0.3) is 0 Å². The van der Waals surface area contributed by atoms with Crippen LogP contribution in [0.2, 0.25) is 0 Å². The lowest BCUT2D eigenvalue weighted by Crippen LogP contribution is -2.38. The summed E-state index contributed by atoms with van der Waals surface area (Å²) in [6, 6.07) is 0. The molecule has 0 saturated heterocycles. The summed E-state index contributed by atoms with van der Waals surface area (Å²) in [5.74, 6) is 3.04. The van der Waals surface area contributed by atoms with Crippen molar-refractivity contribution < 1.29 is 5.11 Å². The average Bonchev–Trinajstić information content (AvgIpc) is 2.94. The maximum Gasteiger partial charge on any atom is 0.0540 e. The molecule has 98 valence electrons. The first-order valence-corrected chi connectivity index (χ1v) is 7.59. The summed E-state index contributed by atoms with van der Waals surface area (Å²) in [5.41, 5.74) is 6.46. The van der Waals surface area contributed by atoms with Crippen molar-refractivity contribution in [3.05, 3.63) is 0 Å². The number of hydrogen-bond donors (Lipinski definition) is 2. The van der Waals surface area contributed by atoms with Crippen LogP contribution in [-0.4, -0.2) is 17.8 Å². The number of nitrogens with two attached hydrogens (primary N) is 1. The zero-order chi connectivity index (χ0) is 11.9. The molecular weight excluding hydrogens is 210 g/mol. The SMILES string of the molecule is NCC1(CC2CC3CCC2C3)CCC(O)CC1. The monoisotopic (exact) mass is 237 g/mol. The van der Waals surface area contributed by atoms with E-state index in [0.717, 1.165) is 37.1 Å². The number of hydrogen-bond acceptors (Lipinski definition) is 2. The molecule has 17 heavy (non-hydrogen) atoms. The van der Waals surface area contributed by atoms with Gasteiger partial charge in [-0.2, -0.15) is 0 Å². The lowest BCUT2D eigenvalue weighted by Gasteiger charge is -2.41. The molecule has 3 saturated carbocycles. The minimum atomic E-state index is -0.0466. The van der Waals surface area contributed by atoms with E-state index in [-0.39, 0.29) is 6.10 Å². The molecule has 0 aromatic heterocycles. The highest BCUT2D eigenvalue weighted by Crippen LogP contribution is 2.53. The van der Waals surface area contributed by atoms with Crippen molar-refractivity contribution in [2.45, 2.75) is 63.9 Å². The Morgan fingerprint density at radius 2 is 1.82 bits per heavy atom. The standard InChI is InChI=1S/C15H27NO/c16-10-15(5-3-14(17)4-6-15)9-13-8-11-1-2-12(13)7-11/h11-14,17H,1-10,16H2. The van der Waals surface area contributed by atoms with E-state index >= 15 is 0 Å². The first kappa shape index (κ1) is 12.0. The second kappa shape index (κ2) is 4.55. The second-order valence-electron chi connectivity index (χ2n) is 7.07. The van der Waals surface area contributed by atoms with Gasteiger partial charge in [-0.1, -0.05) is 6.42 Å². The fraction of sp³-hybridized carbons (Fsp3) is 1.00. The van der Waals surface area contributed by atoms with Crippen molar-refractivity contribution in [2.24, 2.45) is 28.9 Å². The minimum absolute atomic E-state index is 0.0466. The molecule has 3 aliphatic rings. The van der Waals surface area contributed by atoms with Crippen LogP contribution >= 0.6 is 0 Å². The quantitative estimate of drug-likeness (QED) is 0.793. The van der Waals surface area contributed by atoms with E-state index in [0.29, 0.717) is 5.41 Å². The molecule has 3 rings (SSSR count). The summed E-state index contributed by atoms with van der Waals surface area (Å²) in [6.45, 7) is 0.841. The molecule has 3 fully saturated rings. The van der Waals surface area contributed by atoms with Gasteiger partial charge in [-0.15, -0.1) is 0 Å². The molecule has 0 aromatic carbocycles. The Labute approximate surface area is 105 Å². The van der Waals surface area contributed by atoms with Crippen LogP contribution < -0.4 is 5.73 Å². The van der Waals surface area contributed by atoms with E-state index in [9.17, 15) is 5.11 Å². The third kappa shape index (κ3) is 2.26. The van der Waals surface area contributed by atoms with Crippen molar-refractivity contribution in [3.63, 3.8) is 0 Å². The topological polar surface area (TPSA) is 46.2 Å². The second-order valence-corrected chi connectivity index (χ2v) is 7.07. The molecule has 2 heteroatoms. The van der Waals surface area contributed by atoms with Gasteiger partial charge < -0.3 is 10.8 Å². The maximum absolute atomic E-state index is 9.66. The zero-order valence-corrected chi connectivity index (χ0v) is 10.9. The van der Waals surface area contributed by atoms with Crippen molar-refractivity contribution >= 4 is 0 Å². The zero-order valence-electron chi connectivity index (χ0n) is 10.9. The highest BCUT2D eigenvalue weighted by Gasteiger charge is 2.44. The summed E-state index contributed by atoms with van der Waals surface area (Å²) in [4.78, 5) is 0. The summed E-state index contributed by atoms with van der Waals surface area (Å²) in [7, 11) is 0. The molecule has 3 unspecified atom stereocenters. The summed E-state index contributed by atoms with van der Waals surface area (Å²) in [5, 5.41) is 9.66. The predicted octanol–water partition coefficient (Wildman–Crippen LogP) is 2.69. The van der Waals surface area contributed by atoms with Crippen molar-refractivity contribution in [2.75, 3.05) is 6.54 Å². The third-order valence-corrected chi connectivity index (χ3v) is 6.03. The van der Waals surface area contributed by atoms with Gasteiger partial charge in [-0.25, -0.2) is 0 Å². The number of fused-ring (bicyclic) bond motifs is 2. The molecule has 0 spiro atoms. The van der Waals surface area contributed by atoms with Gasteiger partial charge in [0.15, 0.2) is 0 Å². The largest absolute Gasteiger partial charge is 0.393 e. The Morgan fingerprint density at radius 3 is 2.35 bits per heavy atom. The van der Waals surface area contributed by atoms with Crippen LogP contribution in [0.15, 0.2) is 0 Å². The fourth-order valence-corrected chi connectivity index (χ4v) is 4.89. The van der Waals surface area contributed by atoms with Gasteiger partial charge >= 0.3 is 0 Å². The molecule has 0 aliphatic heterocycles. The molecule has 3 N–H and O–H groups in total. The van der Waals surface area contributed by atoms with Gasteiger partial charge in [0.1, 0.15) is 0 Å². The summed E-state index contributed by atoms with van der Waals surface area (Å²) in [6.07, 6.45) is 11.6. The Bertz CT molecular complexity index is 270. The molecule has 3 aliphatic carbocycles. The number of aliphatic hydroxyl groups excluding tert-OH is 1. The Hall–Kier alpha value is -0.0800. The number of rotatable bonds is 3. The molecule has 0 amide bonds. The van der Waals surface area contributed by atoms with E-state index in [4.69, 9.17) is 5.73 Å². The van der Waals surface area contributed by atoms with Gasteiger partial charge in [0.05, 0.1) is 6.10 Å². The van der Waals surface area contributed by atoms with Gasteiger partial charge in [0.25, 0.3) is 0 Å². The van der Waals surface area contributed by atoms with Crippen LogP contribution in [-0.2, 0) is 0 Å². The number of aliphatic hydroxyl groups is 1. The molecule has 2 bridgehead atoms. The summed E-state index contributed by atoms with van der Waals surface area (Å²) < 4.78 is 0. The van der Waals surface area contributed by atoms with Crippen molar-refractivity contribution in [3.8, 4) is 0 Å². The van der Waals surface area contributed by atoms with Crippen LogP contribution in [0.5, 0.6) is 0 Å². The lowest BCUT2D eigenvalue weighted by molar-refractivity contribution is 0.0456. The summed E-state index contributed by atoms with van der Waals surface area (Å²) >= 11 is 0. The van der Waals surface area contributed by atoms with E-state index in [1.165, 1.54) is 44.9 Å². The first-order chi connectivity index (χ1) is 8.21. The van der Waals surface area contributed by atoms with Gasteiger partial charge in [-0.05, 0) is 81.1 Å². The highest BCUT2D eigenvalue weighted by molar-refractivity contribution is 4.95. The molecule has 2 nitrogen and oxygen atoms in total. The molecular formula is C15H27NO. The van der Waals surface area contributed by atoms with Gasteiger partial charge in [0, 0.05) is 0 Å². The Morgan fingerprint density at radius 1 is 1.06 bits per heavy atom.